The van der Waals surface area contributed by atoms with Gasteiger partial charge in [0.15, 0.2) is 0 Å². The Bertz CT molecular complexity index is 942. The SMILES string of the molecule is CCCCCCCCCCCCCCCC(=O)Nc1ccc(/C(Cc2ccccc2)=N/OCC(=O)O)cc1. The first-order chi connectivity index (χ1) is 18.6. The zero-order chi connectivity index (χ0) is 27.3. The van der Waals surface area contributed by atoms with E-state index in [4.69, 9.17) is 9.94 Å². The molecule has 0 bridgehead atoms. The maximum atomic E-state index is 12.4. The minimum atomic E-state index is -1.07. The third-order valence-corrected chi connectivity index (χ3v) is 6.59. The van der Waals surface area contributed by atoms with Gasteiger partial charge in [0.25, 0.3) is 0 Å². The van der Waals surface area contributed by atoms with Crippen LogP contribution in [0.1, 0.15) is 108 Å². The number of unbranched alkanes of at least 4 members (excludes halogenated alkanes) is 12. The highest BCUT2D eigenvalue weighted by molar-refractivity contribution is 6.02. The second kappa shape index (κ2) is 19.9. The second-order valence-corrected chi connectivity index (χ2v) is 9.99. The molecule has 0 aliphatic carbocycles. The van der Waals surface area contributed by atoms with Gasteiger partial charge in [-0.05, 0) is 29.7 Å². The number of carboxylic acid groups (broad SMARTS) is 1. The molecule has 0 spiro atoms. The number of benzene rings is 2. The highest BCUT2D eigenvalue weighted by atomic mass is 16.6. The molecule has 2 N–H and O–H groups in total. The number of nitrogens with one attached hydrogen (secondary N) is 1. The molecule has 0 radical (unpaired) electrons. The Hall–Kier alpha value is -3.15. The number of carboxylic acids is 1. The summed E-state index contributed by atoms with van der Waals surface area (Å²) in [7, 11) is 0. The molecule has 2 rings (SSSR count). The van der Waals surface area contributed by atoms with Crippen LogP contribution >= 0.6 is 0 Å². The lowest BCUT2D eigenvalue weighted by atomic mass is 10.0. The molecule has 0 heterocycles. The van der Waals surface area contributed by atoms with Crippen molar-refractivity contribution in [1.29, 1.82) is 0 Å². The quantitative estimate of drug-likeness (QED) is 0.0983. The van der Waals surface area contributed by atoms with Crippen molar-refractivity contribution >= 4 is 23.3 Å². The van der Waals surface area contributed by atoms with Gasteiger partial charge in [-0.25, -0.2) is 4.79 Å². The molecule has 0 aliphatic heterocycles. The van der Waals surface area contributed by atoms with Gasteiger partial charge >= 0.3 is 5.97 Å². The van der Waals surface area contributed by atoms with Gasteiger partial charge in [0.2, 0.25) is 12.5 Å². The lowest BCUT2D eigenvalue weighted by Crippen LogP contribution is -2.12. The molecule has 6 nitrogen and oxygen atoms in total. The molecule has 38 heavy (non-hydrogen) atoms. The lowest BCUT2D eigenvalue weighted by Gasteiger charge is -2.09. The molecule has 0 unspecified atom stereocenters. The molecule has 6 heteroatoms. The van der Waals surface area contributed by atoms with Gasteiger partial charge in [0.1, 0.15) is 0 Å². The van der Waals surface area contributed by atoms with E-state index in [1.807, 2.05) is 54.6 Å². The molecule has 0 saturated carbocycles. The molecule has 0 fully saturated rings. The molecule has 0 aliphatic rings. The van der Waals surface area contributed by atoms with Crippen molar-refractivity contribution < 1.29 is 19.5 Å². The van der Waals surface area contributed by atoms with Crippen LogP contribution in [0, 0.1) is 0 Å². The van der Waals surface area contributed by atoms with Crippen LogP contribution in [0.5, 0.6) is 0 Å². The summed E-state index contributed by atoms with van der Waals surface area (Å²) in [6.07, 6.45) is 17.8. The van der Waals surface area contributed by atoms with Gasteiger partial charge in [-0.15, -0.1) is 0 Å². The molecule has 208 valence electrons. The Morgan fingerprint density at radius 1 is 0.763 bits per heavy atom. The normalized spacial score (nSPS) is 11.3. The molecule has 0 saturated heterocycles. The molecule has 1 amide bonds. The maximum Gasteiger partial charge on any atom is 0.344 e. The topological polar surface area (TPSA) is 88.0 Å². The average Bonchev–Trinajstić information content (AvgIpc) is 2.91. The van der Waals surface area contributed by atoms with Crippen LogP contribution in [0.25, 0.3) is 0 Å². The van der Waals surface area contributed by atoms with Gasteiger partial charge in [0.05, 0.1) is 5.71 Å². The van der Waals surface area contributed by atoms with Gasteiger partial charge in [-0.1, -0.05) is 132 Å². The van der Waals surface area contributed by atoms with Crippen molar-refractivity contribution in [2.24, 2.45) is 5.16 Å². The number of anilines is 1. The number of hydrogen-bond acceptors (Lipinski definition) is 4. The van der Waals surface area contributed by atoms with Crippen LogP contribution < -0.4 is 5.32 Å². The van der Waals surface area contributed by atoms with E-state index in [2.05, 4.69) is 17.4 Å². The van der Waals surface area contributed by atoms with Gasteiger partial charge < -0.3 is 15.3 Å². The molecule has 0 aromatic heterocycles. The van der Waals surface area contributed by atoms with Crippen LogP contribution in [0.2, 0.25) is 0 Å². The van der Waals surface area contributed by atoms with E-state index >= 15 is 0 Å². The summed E-state index contributed by atoms with van der Waals surface area (Å²) in [5, 5.41) is 15.9. The maximum absolute atomic E-state index is 12.4. The first-order valence-corrected chi connectivity index (χ1v) is 14.4. The van der Waals surface area contributed by atoms with E-state index in [-0.39, 0.29) is 5.91 Å². The van der Waals surface area contributed by atoms with Gasteiger partial charge in [-0.2, -0.15) is 0 Å². The van der Waals surface area contributed by atoms with Crippen LogP contribution in [0.3, 0.4) is 0 Å². The predicted molar refractivity (Wildman–Crippen MR) is 156 cm³/mol. The highest BCUT2D eigenvalue weighted by Gasteiger charge is 2.09. The van der Waals surface area contributed by atoms with Gasteiger partial charge in [-0.3, -0.25) is 4.79 Å². The number of hydrogen-bond donors (Lipinski definition) is 2. The second-order valence-electron chi connectivity index (χ2n) is 9.99. The molecule has 2 aromatic carbocycles. The summed E-state index contributed by atoms with van der Waals surface area (Å²) >= 11 is 0. The number of aliphatic carboxylic acids is 1. The standard InChI is InChI=1S/C32H46N2O4/c1-2-3-4-5-6-7-8-9-10-11-12-13-17-20-31(35)33-29-23-21-28(22-24-29)30(34-38-26-32(36)37)25-27-18-15-14-16-19-27/h14-16,18-19,21-24H,2-13,17,20,25-26H2,1H3,(H,33,35)(H,36,37)/b34-30+. The Balaban J connectivity index is 1.66. The zero-order valence-electron chi connectivity index (χ0n) is 23.1. The molecular formula is C32H46N2O4. The van der Waals surface area contributed by atoms with Crippen LogP contribution in [-0.4, -0.2) is 29.3 Å². The number of nitrogens with zero attached hydrogens (tertiary/aromatic N) is 1. The van der Waals surface area contributed by atoms with Crippen LogP contribution in [0.15, 0.2) is 59.8 Å². The van der Waals surface area contributed by atoms with Crippen LogP contribution in [0.4, 0.5) is 5.69 Å². The fraction of sp³-hybridized carbons (Fsp3) is 0.531. The Labute approximate surface area is 228 Å². The van der Waals surface area contributed by atoms with E-state index in [9.17, 15) is 9.59 Å². The predicted octanol–water partition coefficient (Wildman–Crippen LogP) is 8.15. The Morgan fingerprint density at radius 3 is 1.87 bits per heavy atom. The van der Waals surface area contributed by atoms with E-state index in [1.54, 1.807) is 0 Å². The smallest absolute Gasteiger partial charge is 0.344 e. The summed E-state index contributed by atoms with van der Waals surface area (Å²) < 4.78 is 0. The van der Waals surface area contributed by atoms with Crippen molar-refractivity contribution in [3.63, 3.8) is 0 Å². The van der Waals surface area contributed by atoms with Crippen LogP contribution in [-0.2, 0) is 20.8 Å². The third kappa shape index (κ3) is 14.6. The summed E-state index contributed by atoms with van der Waals surface area (Å²) in [6, 6.07) is 17.2. The third-order valence-electron chi connectivity index (χ3n) is 6.59. The van der Waals surface area contributed by atoms with Crippen molar-refractivity contribution in [2.45, 2.75) is 103 Å². The Kier molecular flexibility index (Phi) is 16.3. The number of carbonyl (C=O) groups is 2. The van der Waals surface area contributed by atoms with E-state index < -0.39 is 12.6 Å². The monoisotopic (exact) mass is 522 g/mol. The first kappa shape index (κ1) is 31.1. The minimum absolute atomic E-state index is 0.0313. The van der Waals surface area contributed by atoms with E-state index in [1.165, 1.54) is 70.6 Å². The summed E-state index contributed by atoms with van der Waals surface area (Å²) in [4.78, 5) is 28.2. The highest BCUT2D eigenvalue weighted by Crippen LogP contribution is 2.16. The lowest BCUT2D eigenvalue weighted by molar-refractivity contribution is -0.142. The number of oxime groups is 1. The van der Waals surface area contributed by atoms with Gasteiger partial charge in [0, 0.05) is 18.5 Å². The fourth-order valence-electron chi connectivity index (χ4n) is 4.41. The number of amides is 1. The van der Waals surface area contributed by atoms with Crippen molar-refractivity contribution in [3.05, 3.63) is 65.7 Å². The summed E-state index contributed by atoms with van der Waals surface area (Å²) in [5.74, 6) is -1.04. The van der Waals surface area contributed by atoms with E-state index in [0.717, 1.165) is 29.7 Å². The minimum Gasteiger partial charge on any atom is -0.479 e. The summed E-state index contributed by atoms with van der Waals surface area (Å²) in [6.45, 7) is 1.77. The number of rotatable bonds is 21. The van der Waals surface area contributed by atoms with Crippen molar-refractivity contribution in [1.82, 2.24) is 0 Å². The van der Waals surface area contributed by atoms with Crippen molar-refractivity contribution in [3.8, 4) is 0 Å². The largest absolute Gasteiger partial charge is 0.479 e. The zero-order valence-corrected chi connectivity index (χ0v) is 23.1. The summed E-state index contributed by atoms with van der Waals surface area (Å²) in [5.41, 5.74) is 3.22. The molecule has 2 aromatic rings. The molecule has 0 atom stereocenters. The fourth-order valence-corrected chi connectivity index (χ4v) is 4.41. The van der Waals surface area contributed by atoms with Crippen molar-refractivity contribution in [2.75, 3.05) is 11.9 Å². The first-order valence-electron chi connectivity index (χ1n) is 14.4. The molecular weight excluding hydrogens is 476 g/mol. The number of carbonyl (C=O) groups excluding carboxylic acids is 1. The average molecular weight is 523 g/mol. The Morgan fingerprint density at radius 2 is 1.32 bits per heavy atom. The van der Waals surface area contributed by atoms with E-state index in [0.29, 0.717) is 18.6 Å².